The molecular formula is C27H17NO6. The van der Waals surface area contributed by atoms with E-state index in [4.69, 9.17) is 9.47 Å². The van der Waals surface area contributed by atoms with Crippen LogP contribution in [0.5, 0.6) is 23.0 Å². The van der Waals surface area contributed by atoms with Gasteiger partial charge in [0, 0.05) is 40.1 Å². The molecule has 6 rings (SSSR count). The lowest BCUT2D eigenvalue weighted by molar-refractivity contribution is 0.0224. The molecule has 0 fully saturated rings. The molecular weight excluding hydrogens is 434 g/mol. The van der Waals surface area contributed by atoms with Crippen LogP contribution >= 0.6 is 0 Å². The van der Waals surface area contributed by atoms with E-state index in [1.807, 2.05) is 6.07 Å². The van der Waals surface area contributed by atoms with E-state index in [0.717, 1.165) is 0 Å². The molecule has 7 heteroatoms. The Morgan fingerprint density at radius 2 is 1.38 bits per heavy atom. The van der Waals surface area contributed by atoms with E-state index in [9.17, 15) is 19.8 Å². The second-order valence-electron chi connectivity index (χ2n) is 8.11. The highest BCUT2D eigenvalue weighted by atomic mass is 16.6. The maximum Gasteiger partial charge on any atom is 0.340 e. The number of phenolic OH excluding ortho intramolecular Hbond substituents is 2. The molecule has 2 aliphatic heterocycles. The maximum absolute atomic E-state index is 13.1. The van der Waals surface area contributed by atoms with Gasteiger partial charge in [-0.25, -0.2) is 4.79 Å². The van der Waals surface area contributed by atoms with E-state index < -0.39 is 11.6 Å². The summed E-state index contributed by atoms with van der Waals surface area (Å²) >= 11 is 0. The summed E-state index contributed by atoms with van der Waals surface area (Å²) < 4.78 is 12.0. The summed E-state index contributed by atoms with van der Waals surface area (Å²) in [6.45, 7) is 0. The lowest BCUT2D eigenvalue weighted by Gasteiger charge is -2.36. The van der Waals surface area contributed by atoms with Crippen molar-refractivity contribution < 1.29 is 29.3 Å². The highest BCUT2D eigenvalue weighted by Crippen LogP contribution is 2.57. The summed E-state index contributed by atoms with van der Waals surface area (Å²) in [5.74, 6) is -0.275. The largest absolute Gasteiger partial charge is 0.508 e. The van der Waals surface area contributed by atoms with E-state index in [-0.39, 0.29) is 17.4 Å². The third kappa shape index (κ3) is 2.84. The first-order chi connectivity index (χ1) is 16.5. The van der Waals surface area contributed by atoms with Crippen LogP contribution in [0.4, 0.5) is 5.69 Å². The van der Waals surface area contributed by atoms with Gasteiger partial charge < -0.3 is 25.0 Å². The first kappa shape index (κ1) is 19.9. The summed E-state index contributed by atoms with van der Waals surface area (Å²) in [6, 6.07) is 23.0. The van der Waals surface area contributed by atoms with Crippen LogP contribution in [0.2, 0.25) is 0 Å². The first-order valence-corrected chi connectivity index (χ1v) is 10.5. The van der Waals surface area contributed by atoms with E-state index in [2.05, 4.69) is 5.32 Å². The van der Waals surface area contributed by atoms with E-state index >= 15 is 0 Å². The van der Waals surface area contributed by atoms with Gasteiger partial charge in [0.15, 0.2) is 5.60 Å². The van der Waals surface area contributed by atoms with Gasteiger partial charge in [-0.15, -0.1) is 0 Å². The minimum Gasteiger partial charge on any atom is -0.508 e. The van der Waals surface area contributed by atoms with E-state index in [1.165, 1.54) is 24.3 Å². The Kier molecular flexibility index (Phi) is 4.16. The van der Waals surface area contributed by atoms with Crippen LogP contribution in [0.15, 0.2) is 84.9 Å². The van der Waals surface area contributed by atoms with Crippen LogP contribution in [0.25, 0.3) is 0 Å². The van der Waals surface area contributed by atoms with Crippen molar-refractivity contribution in [3.63, 3.8) is 0 Å². The summed E-state index contributed by atoms with van der Waals surface area (Å²) in [5.41, 5.74) is 1.55. The standard InChI is InChI=1S/C27H17NO6/c29-17-7-10-21-23(13-17)33-24-14-18(30)8-11-22(24)27(21)20-9-6-16(12-19(20)26(32)34-27)28-25(31)15-4-2-1-3-5-15/h1-14,29-30H,(H,28,31). The number of hydrogen-bond acceptors (Lipinski definition) is 6. The van der Waals surface area contributed by atoms with Crippen molar-refractivity contribution in [2.24, 2.45) is 0 Å². The van der Waals surface area contributed by atoms with Crippen LogP contribution in [0, 0.1) is 0 Å². The lowest BCUT2D eigenvalue weighted by atomic mass is 9.77. The Morgan fingerprint density at radius 1 is 0.765 bits per heavy atom. The van der Waals surface area contributed by atoms with Crippen LogP contribution in [0.1, 0.15) is 37.4 Å². The van der Waals surface area contributed by atoms with Gasteiger partial charge in [-0.1, -0.05) is 24.3 Å². The number of hydrogen-bond donors (Lipinski definition) is 3. The minimum absolute atomic E-state index is 0.0129. The highest BCUT2D eigenvalue weighted by Gasteiger charge is 2.53. The molecule has 0 aromatic heterocycles. The number of nitrogens with one attached hydrogen (secondary N) is 1. The van der Waals surface area contributed by atoms with Crippen molar-refractivity contribution >= 4 is 17.6 Å². The molecule has 0 atom stereocenters. The molecule has 0 unspecified atom stereocenters. The normalized spacial score (nSPS) is 14.4. The van der Waals surface area contributed by atoms with Gasteiger partial charge in [0.1, 0.15) is 23.0 Å². The number of benzene rings is 4. The Morgan fingerprint density at radius 3 is 2.03 bits per heavy atom. The van der Waals surface area contributed by atoms with E-state index in [1.54, 1.807) is 54.6 Å². The number of aromatic hydroxyl groups is 2. The van der Waals surface area contributed by atoms with Crippen molar-refractivity contribution in [3.05, 3.63) is 113 Å². The molecule has 1 amide bonds. The fourth-order valence-corrected chi connectivity index (χ4v) is 4.58. The number of phenols is 2. The fourth-order valence-electron chi connectivity index (χ4n) is 4.58. The molecule has 0 radical (unpaired) electrons. The van der Waals surface area contributed by atoms with Gasteiger partial charge in [0.25, 0.3) is 5.91 Å². The fraction of sp³-hybridized carbons (Fsp3) is 0.0370. The zero-order valence-corrected chi connectivity index (χ0v) is 17.6. The van der Waals surface area contributed by atoms with Crippen LogP contribution in [-0.2, 0) is 10.3 Å². The zero-order valence-electron chi connectivity index (χ0n) is 17.6. The molecule has 0 aliphatic carbocycles. The number of rotatable bonds is 2. The monoisotopic (exact) mass is 451 g/mol. The summed E-state index contributed by atoms with van der Waals surface area (Å²) in [5, 5.41) is 22.8. The minimum atomic E-state index is -1.33. The Labute approximate surface area is 193 Å². The number of anilines is 1. The van der Waals surface area contributed by atoms with Crippen molar-refractivity contribution in [3.8, 4) is 23.0 Å². The molecule has 7 nitrogen and oxygen atoms in total. The van der Waals surface area contributed by atoms with Gasteiger partial charge in [-0.3, -0.25) is 4.79 Å². The van der Waals surface area contributed by atoms with Crippen molar-refractivity contribution in [2.45, 2.75) is 5.60 Å². The number of ether oxygens (including phenoxy) is 2. The Bertz CT molecular complexity index is 1440. The first-order valence-electron chi connectivity index (χ1n) is 10.5. The molecule has 0 saturated heterocycles. The zero-order chi connectivity index (χ0) is 23.4. The number of carbonyl (C=O) groups is 2. The smallest absolute Gasteiger partial charge is 0.340 e. The Hall–Kier alpha value is -4.78. The molecule has 0 bridgehead atoms. The lowest BCUT2D eigenvalue weighted by Crippen LogP contribution is -2.32. The van der Waals surface area contributed by atoms with Gasteiger partial charge in [-0.2, -0.15) is 0 Å². The predicted molar refractivity (Wildman–Crippen MR) is 122 cm³/mol. The molecule has 1 spiro atoms. The molecule has 3 N–H and O–H groups in total. The molecule has 2 heterocycles. The van der Waals surface area contributed by atoms with Crippen LogP contribution < -0.4 is 10.1 Å². The summed E-state index contributed by atoms with van der Waals surface area (Å²) in [7, 11) is 0. The Balaban J connectivity index is 1.50. The SMILES string of the molecule is O=C(Nc1ccc2c(c1)C(=O)OC21c2ccc(O)cc2Oc2cc(O)ccc21)c1ccccc1. The number of fused-ring (bicyclic) bond motifs is 6. The highest BCUT2D eigenvalue weighted by molar-refractivity contribution is 6.05. The molecule has 34 heavy (non-hydrogen) atoms. The van der Waals surface area contributed by atoms with Crippen molar-refractivity contribution in [1.29, 1.82) is 0 Å². The number of carbonyl (C=O) groups excluding carboxylic acids is 2. The van der Waals surface area contributed by atoms with Gasteiger partial charge in [0.05, 0.1) is 5.56 Å². The average molecular weight is 451 g/mol. The summed E-state index contributed by atoms with van der Waals surface area (Å²) in [4.78, 5) is 25.7. The molecule has 4 aromatic rings. The predicted octanol–water partition coefficient (Wildman–Crippen LogP) is 4.92. The maximum atomic E-state index is 13.1. The third-order valence-electron chi connectivity index (χ3n) is 6.07. The number of amides is 1. The second kappa shape index (κ2) is 7.11. The van der Waals surface area contributed by atoms with Gasteiger partial charge in [-0.05, 0) is 48.5 Å². The van der Waals surface area contributed by atoms with Crippen LogP contribution in [-0.4, -0.2) is 22.1 Å². The van der Waals surface area contributed by atoms with Gasteiger partial charge >= 0.3 is 5.97 Å². The topological polar surface area (TPSA) is 105 Å². The van der Waals surface area contributed by atoms with Crippen LogP contribution in [0.3, 0.4) is 0 Å². The van der Waals surface area contributed by atoms with E-state index in [0.29, 0.717) is 45.0 Å². The average Bonchev–Trinajstić information content (AvgIpc) is 3.11. The van der Waals surface area contributed by atoms with Crippen molar-refractivity contribution in [1.82, 2.24) is 0 Å². The second-order valence-corrected chi connectivity index (χ2v) is 8.11. The molecule has 2 aliphatic rings. The summed E-state index contributed by atoms with van der Waals surface area (Å²) in [6.07, 6.45) is 0. The quantitative estimate of drug-likeness (QED) is 0.374. The molecule has 0 saturated carbocycles. The third-order valence-corrected chi connectivity index (χ3v) is 6.07. The van der Waals surface area contributed by atoms with Gasteiger partial charge in [0.2, 0.25) is 0 Å². The van der Waals surface area contributed by atoms with Crippen molar-refractivity contribution in [2.75, 3.05) is 5.32 Å². The molecule has 4 aromatic carbocycles. The number of esters is 1. The molecule has 166 valence electrons.